The smallest absolute Gasteiger partial charge is 0.328 e. The highest BCUT2D eigenvalue weighted by Gasteiger charge is 2.26. The molecule has 2 heterocycles. The van der Waals surface area contributed by atoms with Gasteiger partial charge in [-0.1, -0.05) is 29.8 Å². The number of carbonyl (C=O) groups excluding carboxylic acids is 3. The number of imide groups is 1. The Morgan fingerprint density at radius 2 is 1.97 bits per heavy atom. The quantitative estimate of drug-likeness (QED) is 0.551. The Labute approximate surface area is 190 Å². The zero-order valence-corrected chi connectivity index (χ0v) is 18.4. The van der Waals surface area contributed by atoms with Crippen molar-refractivity contribution < 1.29 is 14.4 Å². The van der Waals surface area contributed by atoms with Crippen molar-refractivity contribution in [2.75, 3.05) is 16.8 Å². The third-order valence-corrected chi connectivity index (χ3v) is 5.68. The molecule has 0 radical (unpaired) electrons. The van der Waals surface area contributed by atoms with E-state index in [9.17, 15) is 14.4 Å². The van der Waals surface area contributed by atoms with Gasteiger partial charge in [0.05, 0.1) is 16.9 Å². The molecule has 1 aliphatic rings. The number of carbonyl (C=O) groups is 3. The van der Waals surface area contributed by atoms with E-state index in [0.717, 1.165) is 22.0 Å². The van der Waals surface area contributed by atoms with E-state index in [1.807, 2.05) is 44.2 Å². The molecule has 0 aliphatic carbocycles. The zero-order valence-electron chi connectivity index (χ0n) is 17.7. The van der Waals surface area contributed by atoms with Gasteiger partial charge in [0.25, 0.3) is 0 Å². The maximum absolute atomic E-state index is 12.2. The molecule has 1 aliphatic heterocycles. The number of rotatable bonds is 4. The minimum absolute atomic E-state index is 0.255. The molecule has 0 spiro atoms. The van der Waals surface area contributed by atoms with Gasteiger partial charge in [-0.25, -0.2) is 9.59 Å². The first-order chi connectivity index (χ1) is 15.3. The lowest BCUT2D eigenvalue weighted by Gasteiger charge is -2.27. The lowest BCUT2D eigenvalue weighted by Crippen LogP contribution is -2.49. The van der Waals surface area contributed by atoms with Crippen molar-refractivity contribution >= 4 is 51.8 Å². The van der Waals surface area contributed by atoms with Crippen LogP contribution in [0.4, 0.5) is 21.0 Å². The van der Waals surface area contributed by atoms with E-state index in [1.165, 1.54) is 4.90 Å². The van der Waals surface area contributed by atoms with Crippen molar-refractivity contribution in [3.8, 4) is 0 Å². The molecular weight excluding hydrogens is 430 g/mol. The largest absolute Gasteiger partial charge is 0.334 e. The van der Waals surface area contributed by atoms with E-state index >= 15 is 0 Å². The molecule has 164 valence electrons. The Morgan fingerprint density at radius 1 is 1.16 bits per heavy atom. The number of benzene rings is 2. The van der Waals surface area contributed by atoms with Crippen LogP contribution in [0.5, 0.6) is 0 Å². The number of aryl methyl sites for hydroxylation is 2. The maximum atomic E-state index is 12.2. The molecule has 0 atom stereocenters. The predicted molar refractivity (Wildman–Crippen MR) is 124 cm³/mol. The highest BCUT2D eigenvalue weighted by molar-refractivity contribution is 6.31. The normalized spacial score (nSPS) is 13.8. The first kappa shape index (κ1) is 21.6. The number of fused-ring (bicyclic) bond motifs is 1. The fourth-order valence-electron chi connectivity index (χ4n) is 3.50. The number of amides is 5. The minimum Gasteiger partial charge on any atom is -0.334 e. The molecule has 0 bridgehead atoms. The van der Waals surface area contributed by atoms with E-state index in [4.69, 9.17) is 11.6 Å². The number of nitrogens with zero attached hydrogens (tertiary/aromatic N) is 2. The number of hydrogen-bond donors (Lipinski definition) is 3. The van der Waals surface area contributed by atoms with Crippen LogP contribution < -0.4 is 20.9 Å². The summed E-state index contributed by atoms with van der Waals surface area (Å²) in [4.78, 5) is 42.0. The molecular formula is C23H22ClN5O3. The Bertz CT molecular complexity index is 1240. The molecule has 1 fully saturated rings. The minimum atomic E-state index is -0.438. The fourth-order valence-corrected chi connectivity index (χ4v) is 3.68. The van der Waals surface area contributed by atoms with Crippen LogP contribution in [0.3, 0.4) is 0 Å². The Hall–Kier alpha value is -3.65. The summed E-state index contributed by atoms with van der Waals surface area (Å²) < 4.78 is 0. The van der Waals surface area contributed by atoms with Gasteiger partial charge < -0.3 is 10.6 Å². The van der Waals surface area contributed by atoms with Gasteiger partial charge in [-0.2, -0.15) is 0 Å². The summed E-state index contributed by atoms with van der Waals surface area (Å²) in [6.45, 7) is 4.36. The van der Waals surface area contributed by atoms with Crippen LogP contribution in [0.15, 0.2) is 42.5 Å². The molecule has 1 saturated heterocycles. The first-order valence-electron chi connectivity index (χ1n) is 10.1. The predicted octanol–water partition coefficient (Wildman–Crippen LogP) is 4.27. The fraction of sp³-hybridized carbons (Fsp3) is 0.217. The van der Waals surface area contributed by atoms with Crippen LogP contribution >= 0.6 is 11.6 Å². The molecule has 1 aromatic heterocycles. The van der Waals surface area contributed by atoms with Gasteiger partial charge in [0.2, 0.25) is 5.91 Å². The van der Waals surface area contributed by atoms with Gasteiger partial charge in [0, 0.05) is 35.6 Å². The molecule has 3 N–H and O–H groups in total. The van der Waals surface area contributed by atoms with Crippen LogP contribution in [0.25, 0.3) is 10.9 Å². The van der Waals surface area contributed by atoms with Crippen molar-refractivity contribution in [3.05, 3.63) is 64.3 Å². The molecule has 32 heavy (non-hydrogen) atoms. The average Bonchev–Trinajstić information content (AvgIpc) is 2.75. The summed E-state index contributed by atoms with van der Waals surface area (Å²) in [5.74, 6) is -0.274. The topological polar surface area (TPSA) is 103 Å². The second-order valence-electron chi connectivity index (χ2n) is 7.65. The number of anilines is 2. The summed E-state index contributed by atoms with van der Waals surface area (Å²) in [6, 6.07) is 12.1. The van der Waals surface area contributed by atoms with Gasteiger partial charge in [0.15, 0.2) is 0 Å². The standard InChI is InChI=1S/C23H22ClN5O3/c1-13-3-6-17(11-18(13)24)27-22(31)25-12-15-4-5-16-10-20(14(2)26-19(16)9-15)29-8-7-21(30)28-23(29)32/h3-6,9-11H,7-8,12H2,1-2H3,(H2,25,27,31)(H,28,30,32). The zero-order chi connectivity index (χ0) is 22.8. The molecule has 0 unspecified atom stereocenters. The van der Waals surface area contributed by atoms with Gasteiger partial charge in [-0.05, 0) is 49.2 Å². The van der Waals surface area contributed by atoms with E-state index in [1.54, 1.807) is 12.1 Å². The molecule has 9 heteroatoms. The number of aromatic nitrogens is 1. The van der Waals surface area contributed by atoms with Gasteiger partial charge in [-0.3, -0.25) is 20.0 Å². The van der Waals surface area contributed by atoms with Gasteiger partial charge in [0.1, 0.15) is 0 Å². The van der Waals surface area contributed by atoms with E-state index in [2.05, 4.69) is 20.9 Å². The van der Waals surface area contributed by atoms with Crippen molar-refractivity contribution in [2.45, 2.75) is 26.8 Å². The molecule has 3 aromatic rings. The number of halogens is 1. The summed E-state index contributed by atoms with van der Waals surface area (Å²) >= 11 is 6.09. The lowest BCUT2D eigenvalue weighted by atomic mass is 10.1. The third-order valence-electron chi connectivity index (χ3n) is 5.27. The van der Waals surface area contributed by atoms with Gasteiger partial charge in [-0.15, -0.1) is 0 Å². The van der Waals surface area contributed by atoms with Crippen LogP contribution in [0.2, 0.25) is 5.02 Å². The third kappa shape index (κ3) is 4.65. The molecule has 4 rings (SSSR count). The monoisotopic (exact) mass is 451 g/mol. The summed E-state index contributed by atoms with van der Waals surface area (Å²) in [5, 5.41) is 9.36. The summed E-state index contributed by atoms with van der Waals surface area (Å²) in [7, 11) is 0. The Morgan fingerprint density at radius 3 is 2.72 bits per heavy atom. The second kappa shape index (κ2) is 8.84. The van der Waals surface area contributed by atoms with Gasteiger partial charge >= 0.3 is 12.1 Å². The SMILES string of the molecule is Cc1ccc(NC(=O)NCc2ccc3cc(N4CCC(=O)NC4=O)c(C)nc3c2)cc1Cl. The van der Waals surface area contributed by atoms with Crippen molar-refractivity contribution in [2.24, 2.45) is 0 Å². The van der Waals surface area contributed by atoms with Crippen LogP contribution in [0.1, 0.15) is 23.2 Å². The average molecular weight is 452 g/mol. The molecule has 2 aromatic carbocycles. The Kier molecular flexibility index (Phi) is 5.96. The van der Waals surface area contributed by atoms with Crippen molar-refractivity contribution in [1.29, 1.82) is 0 Å². The van der Waals surface area contributed by atoms with E-state index in [0.29, 0.717) is 35.2 Å². The highest BCUT2D eigenvalue weighted by atomic mass is 35.5. The Balaban J connectivity index is 1.45. The lowest BCUT2D eigenvalue weighted by molar-refractivity contribution is -0.120. The van der Waals surface area contributed by atoms with Crippen molar-refractivity contribution in [1.82, 2.24) is 15.6 Å². The number of hydrogen-bond acceptors (Lipinski definition) is 4. The van der Waals surface area contributed by atoms with Crippen molar-refractivity contribution in [3.63, 3.8) is 0 Å². The highest BCUT2D eigenvalue weighted by Crippen LogP contribution is 2.26. The first-order valence-corrected chi connectivity index (χ1v) is 10.5. The maximum Gasteiger partial charge on any atom is 0.328 e. The molecule has 0 saturated carbocycles. The molecule has 5 amide bonds. The second-order valence-corrected chi connectivity index (χ2v) is 8.05. The number of pyridine rings is 1. The van der Waals surface area contributed by atoms with Crippen LogP contribution in [-0.4, -0.2) is 29.5 Å². The number of urea groups is 2. The van der Waals surface area contributed by atoms with Crippen LogP contribution in [0, 0.1) is 13.8 Å². The molecule has 8 nitrogen and oxygen atoms in total. The summed E-state index contributed by atoms with van der Waals surface area (Å²) in [6.07, 6.45) is 0.255. The van der Waals surface area contributed by atoms with E-state index in [-0.39, 0.29) is 18.4 Å². The van der Waals surface area contributed by atoms with E-state index < -0.39 is 6.03 Å². The number of nitrogens with one attached hydrogen (secondary N) is 3. The van der Waals surface area contributed by atoms with Crippen LogP contribution in [-0.2, 0) is 11.3 Å². The summed E-state index contributed by atoms with van der Waals surface area (Å²) in [5.41, 5.74) is 4.55.